The van der Waals surface area contributed by atoms with Gasteiger partial charge in [0.1, 0.15) is 11.5 Å². The quantitative estimate of drug-likeness (QED) is 0.754. The van der Waals surface area contributed by atoms with Gasteiger partial charge in [0.2, 0.25) is 0 Å². The van der Waals surface area contributed by atoms with Gasteiger partial charge in [0, 0.05) is 10.9 Å². The van der Waals surface area contributed by atoms with Crippen LogP contribution in [0, 0.1) is 5.82 Å². The van der Waals surface area contributed by atoms with E-state index in [0.29, 0.717) is 16.6 Å². The van der Waals surface area contributed by atoms with Gasteiger partial charge in [0.05, 0.1) is 6.04 Å². The first-order valence-electron chi connectivity index (χ1n) is 6.78. The van der Waals surface area contributed by atoms with Gasteiger partial charge in [0.25, 0.3) is 5.91 Å². The minimum atomic E-state index is -0.334. The number of amides is 1. The number of hydrogen-bond acceptors (Lipinski definition) is 1. The van der Waals surface area contributed by atoms with Crippen molar-refractivity contribution in [2.75, 3.05) is 0 Å². The summed E-state index contributed by atoms with van der Waals surface area (Å²) in [5.41, 5.74) is 2.00. The predicted molar refractivity (Wildman–Crippen MR) is 80.6 cm³/mol. The molecule has 0 spiro atoms. The fourth-order valence-corrected chi connectivity index (χ4v) is 2.34. The Morgan fingerprint density at radius 3 is 2.62 bits per heavy atom. The average Bonchev–Trinajstić information content (AvgIpc) is 2.94. The number of benzene rings is 2. The lowest BCUT2D eigenvalue weighted by Gasteiger charge is -2.13. The van der Waals surface area contributed by atoms with Crippen molar-refractivity contribution >= 4 is 16.8 Å². The van der Waals surface area contributed by atoms with Gasteiger partial charge >= 0.3 is 0 Å². The Morgan fingerprint density at radius 2 is 1.90 bits per heavy atom. The maximum absolute atomic E-state index is 13.6. The summed E-state index contributed by atoms with van der Waals surface area (Å²) < 4.78 is 13.6. The number of carbonyl (C=O) groups excluding carboxylic acids is 1. The highest BCUT2D eigenvalue weighted by Gasteiger charge is 2.14. The minimum Gasteiger partial charge on any atom is -0.350 e. The van der Waals surface area contributed by atoms with Crippen LogP contribution in [-0.4, -0.2) is 10.9 Å². The first kappa shape index (κ1) is 13.4. The number of aromatic nitrogens is 1. The van der Waals surface area contributed by atoms with Crippen LogP contribution in [0.15, 0.2) is 54.6 Å². The molecule has 0 aliphatic rings. The third-order valence-electron chi connectivity index (χ3n) is 3.50. The molecule has 21 heavy (non-hydrogen) atoms. The average molecular weight is 282 g/mol. The van der Waals surface area contributed by atoms with Crippen molar-refractivity contribution in [3.8, 4) is 0 Å². The van der Waals surface area contributed by atoms with E-state index in [9.17, 15) is 9.18 Å². The second kappa shape index (κ2) is 5.40. The molecule has 2 N–H and O–H groups in total. The van der Waals surface area contributed by atoms with Crippen molar-refractivity contribution in [2.45, 2.75) is 13.0 Å². The molecular weight excluding hydrogens is 267 g/mol. The number of fused-ring (bicyclic) bond motifs is 1. The first-order chi connectivity index (χ1) is 10.1. The number of halogens is 1. The van der Waals surface area contributed by atoms with Crippen LogP contribution in [0.4, 0.5) is 4.39 Å². The molecule has 0 bridgehead atoms. The summed E-state index contributed by atoms with van der Waals surface area (Å²) in [6.45, 7) is 1.91. The third kappa shape index (κ3) is 2.65. The molecule has 3 nitrogen and oxygen atoms in total. The molecule has 4 heteroatoms. The van der Waals surface area contributed by atoms with Crippen LogP contribution in [0.1, 0.15) is 29.0 Å². The van der Waals surface area contributed by atoms with E-state index in [0.717, 1.165) is 5.56 Å². The van der Waals surface area contributed by atoms with Gasteiger partial charge in [-0.05, 0) is 30.7 Å². The minimum absolute atomic E-state index is 0.116. The standard InChI is InChI=1S/C17H15FN2O/c1-11(12-6-3-2-4-7-12)19-17(21)16-10-13-14(18)8-5-9-15(13)20-16/h2-11,20H,1H3,(H,19,21)/t11-/m0/s1. The van der Waals surface area contributed by atoms with Gasteiger partial charge in [0.15, 0.2) is 0 Å². The molecule has 0 aliphatic heterocycles. The third-order valence-corrected chi connectivity index (χ3v) is 3.50. The van der Waals surface area contributed by atoms with Crippen molar-refractivity contribution in [2.24, 2.45) is 0 Å². The maximum Gasteiger partial charge on any atom is 0.268 e. The topological polar surface area (TPSA) is 44.9 Å². The van der Waals surface area contributed by atoms with Gasteiger partial charge in [-0.25, -0.2) is 4.39 Å². The summed E-state index contributed by atoms with van der Waals surface area (Å²) >= 11 is 0. The maximum atomic E-state index is 13.6. The van der Waals surface area contributed by atoms with Gasteiger partial charge in [-0.15, -0.1) is 0 Å². The van der Waals surface area contributed by atoms with E-state index < -0.39 is 0 Å². The highest BCUT2D eigenvalue weighted by molar-refractivity contribution is 5.98. The summed E-state index contributed by atoms with van der Waals surface area (Å²) in [4.78, 5) is 15.2. The Balaban J connectivity index is 1.82. The smallest absolute Gasteiger partial charge is 0.268 e. The van der Waals surface area contributed by atoms with Crippen molar-refractivity contribution in [3.63, 3.8) is 0 Å². The highest BCUT2D eigenvalue weighted by atomic mass is 19.1. The van der Waals surface area contributed by atoms with Gasteiger partial charge in [-0.3, -0.25) is 4.79 Å². The van der Waals surface area contributed by atoms with Crippen LogP contribution in [-0.2, 0) is 0 Å². The summed E-state index contributed by atoms with van der Waals surface area (Å²) in [7, 11) is 0. The Hall–Kier alpha value is -2.62. The monoisotopic (exact) mass is 282 g/mol. The van der Waals surface area contributed by atoms with E-state index in [1.165, 1.54) is 12.1 Å². The number of aromatic amines is 1. The van der Waals surface area contributed by atoms with E-state index in [1.54, 1.807) is 12.1 Å². The summed E-state index contributed by atoms with van der Waals surface area (Å²) in [5.74, 6) is -0.583. The molecule has 0 radical (unpaired) electrons. The van der Waals surface area contributed by atoms with Crippen LogP contribution in [0.5, 0.6) is 0 Å². The molecule has 0 saturated heterocycles. The van der Waals surface area contributed by atoms with Gasteiger partial charge in [-0.1, -0.05) is 36.4 Å². The molecule has 3 rings (SSSR count). The first-order valence-corrected chi connectivity index (χ1v) is 6.78. The van der Waals surface area contributed by atoms with Crippen molar-refractivity contribution in [3.05, 3.63) is 71.7 Å². The van der Waals surface area contributed by atoms with Crippen LogP contribution in [0.25, 0.3) is 10.9 Å². The zero-order chi connectivity index (χ0) is 14.8. The number of hydrogen-bond donors (Lipinski definition) is 2. The van der Waals surface area contributed by atoms with Crippen LogP contribution in [0.2, 0.25) is 0 Å². The Labute approximate surface area is 121 Å². The molecule has 2 aromatic carbocycles. The molecule has 0 unspecified atom stereocenters. The number of rotatable bonds is 3. The zero-order valence-electron chi connectivity index (χ0n) is 11.6. The molecule has 1 amide bonds. The lowest BCUT2D eigenvalue weighted by atomic mass is 10.1. The van der Waals surface area contributed by atoms with E-state index in [1.807, 2.05) is 37.3 Å². The summed E-state index contributed by atoms with van der Waals surface area (Å²) in [6.07, 6.45) is 0. The summed E-state index contributed by atoms with van der Waals surface area (Å²) in [5, 5.41) is 3.33. The predicted octanol–water partition coefficient (Wildman–Crippen LogP) is 3.80. The van der Waals surface area contributed by atoms with Crippen LogP contribution in [0.3, 0.4) is 0 Å². The number of H-pyrrole nitrogens is 1. The Bertz CT molecular complexity index is 780. The van der Waals surface area contributed by atoms with Crippen molar-refractivity contribution < 1.29 is 9.18 Å². The zero-order valence-corrected chi connectivity index (χ0v) is 11.6. The molecule has 106 valence electrons. The molecule has 0 saturated carbocycles. The normalized spacial score (nSPS) is 12.3. The van der Waals surface area contributed by atoms with E-state index >= 15 is 0 Å². The SMILES string of the molecule is C[C@H](NC(=O)c1cc2c(F)cccc2[nH]1)c1ccccc1. The fraction of sp³-hybridized carbons (Fsp3) is 0.118. The lowest BCUT2D eigenvalue weighted by molar-refractivity contribution is 0.0935. The van der Waals surface area contributed by atoms with E-state index in [-0.39, 0.29) is 17.8 Å². The van der Waals surface area contributed by atoms with E-state index in [4.69, 9.17) is 0 Å². The van der Waals surface area contributed by atoms with Crippen molar-refractivity contribution in [1.82, 2.24) is 10.3 Å². The molecule has 0 aliphatic carbocycles. The van der Waals surface area contributed by atoms with Crippen LogP contribution >= 0.6 is 0 Å². The number of nitrogens with one attached hydrogen (secondary N) is 2. The Kier molecular flexibility index (Phi) is 3.44. The van der Waals surface area contributed by atoms with Crippen molar-refractivity contribution in [1.29, 1.82) is 0 Å². The Morgan fingerprint density at radius 1 is 1.14 bits per heavy atom. The van der Waals surface area contributed by atoms with E-state index in [2.05, 4.69) is 10.3 Å². The molecular formula is C17H15FN2O. The van der Waals surface area contributed by atoms with Gasteiger partial charge in [-0.2, -0.15) is 0 Å². The summed E-state index contributed by atoms with van der Waals surface area (Å²) in [6, 6.07) is 15.9. The molecule has 1 heterocycles. The largest absolute Gasteiger partial charge is 0.350 e. The molecule has 0 fully saturated rings. The molecule has 1 atom stereocenters. The highest BCUT2D eigenvalue weighted by Crippen LogP contribution is 2.19. The van der Waals surface area contributed by atoms with Crippen LogP contribution < -0.4 is 5.32 Å². The second-order valence-electron chi connectivity index (χ2n) is 4.99. The lowest BCUT2D eigenvalue weighted by Crippen LogP contribution is -2.26. The fourth-order valence-electron chi connectivity index (χ4n) is 2.34. The molecule has 1 aromatic heterocycles. The van der Waals surface area contributed by atoms with Gasteiger partial charge < -0.3 is 10.3 Å². The number of carbonyl (C=O) groups is 1. The molecule has 3 aromatic rings. The second-order valence-corrected chi connectivity index (χ2v) is 4.99.